The number of nitrogens with one attached hydrogen (secondary N) is 2. The first-order chi connectivity index (χ1) is 11.6. The van der Waals surface area contributed by atoms with Crippen LogP contribution in [0.4, 0.5) is 0 Å². The van der Waals surface area contributed by atoms with Crippen molar-refractivity contribution >= 4 is 29.9 Å². The highest BCUT2D eigenvalue weighted by molar-refractivity contribution is 14.0. The van der Waals surface area contributed by atoms with E-state index >= 15 is 0 Å². The van der Waals surface area contributed by atoms with Crippen molar-refractivity contribution < 1.29 is 0 Å². The van der Waals surface area contributed by atoms with Crippen LogP contribution in [0.1, 0.15) is 52.9 Å². The molecule has 0 aromatic rings. The van der Waals surface area contributed by atoms with Crippen molar-refractivity contribution in [3.8, 4) is 0 Å². The minimum Gasteiger partial charge on any atom is -0.356 e. The summed E-state index contributed by atoms with van der Waals surface area (Å²) in [7, 11) is 1.88. The molecule has 0 amide bonds. The van der Waals surface area contributed by atoms with Gasteiger partial charge in [0.25, 0.3) is 0 Å². The van der Waals surface area contributed by atoms with Crippen LogP contribution in [0, 0.1) is 5.92 Å². The van der Waals surface area contributed by atoms with Gasteiger partial charge in [-0.3, -0.25) is 4.99 Å². The van der Waals surface area contributed by atoms with E-state index in [4.69, 9.17) is 0 Å². The Bertz CT molecular complexity index is 372. The van der Waals surface area contributed by atoms with Crippen molar-refractivity contribution in [2.45, 2.75) is 65.0 Å². The average Bonchev–Trinajstić information content (AvgIpc) is 2.59. The summed E-state index contributed by atoms with van der Waals surface area (Å²) in [5.74, 6) is 1.90. The summed E-state index contributed by atoms with van der Waals surface area (Å²) in [4.78, 5) is 9.57. The molecule has 2 heterocycles. The number of halogens is 1. The van der Waals surface area contributed by atoms with Crippen molar-refractivity contribution in [1.82, 2.24) is 20.4 Å². The molecule has 2 saturated heterocycles. The quantitative estimate of drug-likeness (QED) is 0.274. The van der Waals surface area contributed by atoms with E-state index in [2.05, 4.69) is 46.2 Å². The van der Waals surface area contributed by atoms with Crippen LogP contribution in [0.5, 0.6) is 0 Å². The number of hydrogen-bond donors (Lipinski definition) is 2. The summed E-state index contributed by atoms with van der Waals surface area (Å²) < 4.78 is 0. The van der Waals surface area contributed by atoms with Gasteiger partial charge in [0.1, 0.15) is 0 Å². The molecule has 0 aliphatic carbocycles. The highest BCUT2D eigenvalue weighted by Crippen LogP contribution is 2.15. The molecular weight excluding hydrogens is 425 g/mol. The van der Waals surface area contributed by atoms with Crippen LogP contribution in [0.25, 0.3) is 0 Å². The molecule has 2 N–H and O–H groups in total. The van der Waals surface area contributed by atoms with E-state index < -0.39 is 0 Å². The molecule has 5 nitrogen and oxygen atoms in total. The zero-order valence-corrected chi connectivity index (χ0v) is 19.1. The first-order valence-electron chi connectivity index (χ1n) is 10.0. The van der Waals surface area contributed by atoms with Crippen LogP contribution in [0.3, 0.4) is 0 Å². The van der Waals surface area contributed by atoms with Gasteiger partial charge in [-0.2, -0.15) is 0 Å². The highest BCUT2D eigenvalue weighted by Gasteiger charge is 2.21. The Morgan fingerprint density at radius 2 is 1.72 bits per heavy atom. The van der Waals surface area contributed by atoms with Gasteiger partial charge in [0.2, 0.25) is 0 Å². The molecule has 148 valence electrons. The van der Waals surface area contributed by atoms with Gasteiger partial charge in [0.05, 0.1) is 0 Å². The fourth-order valence-corrected chi connectivity index (χ4v) is 3.74. The Balaban J connectivity index is 0.00000312. The third kappa shape index (κ3) is 8.43. The molecule has 0 radical (unpaired) electrons. The van der Waals surface area contributed by atoms with Gasteiger partial charge < -0.3 is 20.4 Å². The number of hydrogen-bond acceptors (Lipinski definition) is 3. The molecule has 2 rings (SSSR count). The van der Waals surface area contributed by atoms with Crippen molar-refractivity contribution in [3.63, 3.8) is 0 Å². The molecule has 2 aliphatic heterocycles. The van der Waals surface area contributed by atoms with Crippen molar-refractivity contribution in [2.75, 3.05) is 46.3 Å². The molecule has 0 spiro atoms. The molecule has 6 heteroatoms. The number of aliphatic imine (C=N–C) groups is 1. The predicted octanol–water partition coefficient (Wildman–Crippen LogP) is 2.76. The maximum absolute atomic E-state index is 4.40. The summed E-state index contributed by atoms with van der Waals surface area (Å²) in [6, 6.07) is 1.23. The van der Waals surface area contributed by atoms with Crippen molar-refractivity contribution in [1.29, 1.82) is 0 Å². The Morgan fingerprint density at radius 1 is 1.08 bits per heavy atom. The molecule has 0 aromatic carbocycles. The van der Waals surface area contributed by atoms with Gasteiger partial charge in [0.15, 0.2) is 5.96 Å². The third-order valence-corrected chi connectivity index (χ3v) is 5.64. The fourth-order valence-electron chi connectivity index (χ4n) is 3.74. The Labute approximate surface area is 172 Å². The largest absolute Gasteiger partial charge is 0.356 e. The van der Waals surface area contributed by atoms with Gasteiger partial charge in [-0.1, -0.05) is 6.92 Å². The smallest absolute Gasteiger partial charge is 0.191 e. The van der Waals surface area contributed by atoms with Gasteiger partial charge >= 0.3 is 0 Å². The monoisotopic (exact) mass is 465 g/mol. The number of rotatable bonds is 6. The van der Waals surface area contributed by atoms with E-state index in [-0.39, 0.29) is 24.0 Å². The second-order valence-corrected chi connectivity index (χ2v) is 7.93. The van der Waals surface area contributed by atoms with E-state index in [9.17, 15) is 0 Å². The topological polar surface area (TPSA) is 42.9 Å². The minimum atomic E-state index is 0. The number of nitrogens with zero attached hydrogens (tertiary/aromatic N) is 3. The van der Waals surface area contributed by atoms with Gasteiger partial charge in [0, 0.05) is 38.8 Å². The van der Waals surface area contributed by atoms with Gasteiger partial charge in [-0.25, -0.2) is 0 Å². The fraction of sp³-hybridized carbons (Fsp3) is 0.947. The second kappa shape index (κ2) is 12.3. The van der Waals surface area contributed by atoms with Crippen LogP contribution in [-0.2, 0) is 0 Å². The van der Waals surface area contributed by atoms with Gasteiger partial charge in [-0.15, -0.1) is 24.0 Å². The van der Waals surface area contributed by atoms with Crippen LogP contribution in [0.2, 0.25) is 0 Å². The van der Waals surface area contributed by atoms with E-state index in [1.807, 2.05) is 7.05 Å². The summed E-state index contributed by atoms with van der Waals surface area (Å²) >= 11 is 0. The Morgan fingerprint density at radius 3 is 2.28 bits per heavy atom. The van der Waals surface area contributed by atoms with Crippen LogP contribution in [0.15, 0.2) is 4.99 Å². The zero-order chi connectivity index (χ0) is 17.4. The summed E-state index contributed by atoms with van der Waals surface area (Å²) in [6.45, 7) is 14.1. The number of piperidine rings is 2. The Kier molecular flexibility index (Phi) is 11.3. The van der Waals surface area contributed by atoms with Crippen LogP contribution < -0.4 is 10.6 Å². The predicted molar refractivity (Wildman–Crippen MR) is 119 cm³/mol. The standard InChI is InChI=1S/C19H39N5.HI/c1-16(2)24-14-8-18(9-15-24)22-19(20-4)21-10-5-11-23-12-6-17(3)7-13-23;/h16-18H,5-15H2,1-4H3,(H2,20,21,22);1H. The van der Waals surface area contributed by atoms with E-state index in [1.54, 1.807) is 0 Å². The summed E-state index contributed by atoms with van der Waals surface area (Å²) in [6.07, 6.45) is 6.36. The molecule has 25 heavy (non-hydrogen) atoms. The summed E-state index contributed by atoms with van der Waals surface area (Å²) in [5, 5.41) is 7.11. The lowest BCUT2D eigenvalue weighted by molar-refractivity contribution is 0.167. The highest BCUT2D eigenvalue weighted by atomic mass is 127. The number of likely N-dealkylation sites (tertiary alicyclic amines) is 2. The normalized spacial score (nSPS) is 22.0. The minimum absolute atomic E-state index is 0. The van der Waals surface area contributed by atoms with Crippen LogP contribution in [-0.4, -0.2) is 74.2 Å². The first-order valence-corrected chi connectivity index (χ1v) is 10.0. The molecule has 0 bridgehead atoms. The van der Waals surface area contributed by atoms with Crippen molar-refractivity contribution in [3.05, 3.63) is 0 Å². The van der Waals surface area contributed by atoms with E-state index in [1.165, 1.54) is 64.8 Å². The first kappa shape index (κ1) is 23.0. The maximum Gasteiger partial charge on any atom is 0.191 e. The summed E-state index contributed by atoms with van der Waals surface area (Å²) in [5.41, 5.74) is 0. The lowest BCUT2D eigenvalue weighted by Gasteiger charge is -2.35. The molecule has 2 aliphatic rings. The SMILES string of the molecule is CN=C(NCCCN1CCC(C)CC1)NC1CCN(C(C)C)CC1.I. The van der Waals surface area contributed by atoms with Gasteiger partial charge in [-0.05, 0) is 71.5 Å². The molecule has 0 unspecified atom stereocenters. The average molecular weight is 465 g/mol. The van der Waals surface area contributed by atoms with Crippen molar-refractivity contribution in [2.24, 2.45) is 10.9 Å². The molecule has 0 saturated carbocycles. The van der Waals surface area contributed by atoms with E-state index in [0.29, 0.717) is 12.1 Å². The molecule has 2 fully saturated rings. The van der Waals surface area contributed by atoms with E-state index in [0.717, 1.165) is 18.4 Å². The zero-order valence-electron chi connectivity index (χ0n) is 16.8. The number of guanidine groups is 1. The third-order valence-electron chi connectivity index (χ3n) is 5.64. The van der Waals surface area contributed by atoms with Crippen LogP contribution >= 0.6 is 24.0 Å². The Hall–Kier alpha value is -0.0800. The molecule has 0 aromatic heterocycles. The second-order valence-electron chi connectivity index (χ2n) is 7.93. The molecular formula is C19H40IN5. The maximum atomic E-state index is 4.40. The molecule has 0 atom stereocenters. The lowest BCUT2D eigenvalue weighted by Crippen LogP contribution is -2.50. The lowest BCUT2D eigenvalue weighted by atomic mass is 9.99.